The minimum atomic E-state index is -4.67. The third kappa shape index (κ3) is 654. The minimum Gasteiger partial charge on any atom is -0.344 e. The molecule has 8 N–H and O–H groups in total. The van der Waals surface area contributed by atoms with E-state index in [2.05, 4.69) is 0 Å². The molecule has 8 heavy (non-hydrogen) atoms. The molecule has 8 heteroatoms. The fourth-order valence-corrected chi connectivity index (χ4v) is 0. The van der Waals surface area contributed by atoms with Crippen LogP contribution in [0.15, 0.2) is 0 Å². The van der Waals surface area contributed by atoms with Gasteiger partial charge in [0.2, 0.25) is 0 Å². The summed E-state index contributed by atoms with van der Waals surface area (Å²) in [6, 6.07) is 0. The highest BCUT2D eigenvalue weighted by molar-refractivity contribution is 7.79. The maximum absolute atomic E-state index is 8.74. The van der Waals surface area contributed by atoms with Gasteiger partial charge in [0.1, 0.15) is 0 Å². The summed E-state index contributed by atoms with van der Waals surface area (Å²) in [5.74, 6) is 0. The van der Waals surface area contributed by atoms with Gasteiger partial charge in [-0.3, -0.25) is 9.11 Å². The monoisotopic (exact) mass is 158 g/mol. The fourth-order valence-electron chi connectivity index (χ4n) is 0. The molecule has 0 spiro atoms. The molecule has 0 bridgehead atoms. The quantitative estimate of drug-likeness (QED) is 0.256. The fraction of sp³-hybridized carbons (Fsp3) is 0. The molecule has 6 nitrogen and oxygen atoms in total. The van der Waals surface area contributed by atoms with Crippen molar-refractivity contribution < 1.29 is 17.5 Å². The van der Waals surface area contributed by atoms with Crippen molar-refractivity contribution in [1.29, 1.82) is 0 Å². The molecule has 0 aromatic carbocycles. The molecule has 0 heterocycles. The Balaban J connectivity index is -0.0000000267. The molecule has 0 fully saturated rings. The van der Waals surface area contributed by atoms with Crippen LogP contribution in [0.25, 0.3) is 0 Å². The molecule has 0 aliphatic carbocycles. The Bertz CT molecular complexity index is 97.2. The molecule has 0 amide bonds. The molecule has 0 aliphatic heterocycles. The second kappa shape index (κ2) is 7.56. The van der Waals surface area contributed by atoms with E-state index < -0.39 is 10.4 Å². The van der Waals surface area contributed by atoms with E-state index in [9.17, 15) is 0 Å². The van der Waals surface area contributed by atoms with Gasteiger partial charge in [-0.15, -0.1) is 0 Å². The van der Waals surface area contributed by atoms with Gasteiger partial charge >= 0.3 is 33.5 Å². The predicted octanol–water partition coefficient (Wildman–Crippen LogP) is -1.25. The van der Waals surface area contributed by atoms with Gasteiger partial charge < -0.3 is 12.3 Å². The molecule has 0 aromatic rings. The second-order valence-corrected chi connectivity index (χ2v) is 1.34. The molecule has 0 saturated heterocycles. The largest absolute Gasteiger partial charge is 0.394 e. The molecule has 52 valence electrons. The van der Waals surface area contributed by atoms with Gasteiger partial charge in [0, 0.05) is 0 Å². The molecule has 0 atom stereocenters. The summed E-state index contributed by atoms with van der Waals surface area (Å²) >= 11 is 0. The Morgan fingerprint density at radius 1 is 1.00 bits per heavy atom. The van der Waals surface area contributed by atoms with Crippen LogP contribution >= 0.6 is 0 Å². The van der Waals surface area contributed by atoms with Crippen molar-refractivity contribution in [3.05, 3.63) is 0 Å². The predicted molar refractivity (Wildman–Crippen MR) is 32.8 cm³/mol. The highest BCUT2D eigenvalue weighted by Gasteiger charge is 1.84. The van der Waals surface area contributed by atoms with Gasteiger partial charge in [0.05, 0.1) is 0 Å². The zero-order valence-electron chi connectivity index (χ0n) is 3.53. The molecular formula is H10MgN2O4S. The van der Waals surface area contributed by atoms with Crippen molar-refractivity contribution in [1.82, 2.24) is 12.3 Å². The molecule has 0 rings (SSSR count). The number of rotatable bonds is 0. The molecule has 0 aliphatic rings. The third-order valence-electron chi connectivity index (χ3n) is 0. The van der Waals surface area contributed by atoms with Crippen LogP contribution in [0.1, 0.15) is 0 Å². The lowest BCUT2D eigenvalue weighted by atomic mass is 14.0. The van der Waals surface area contributed by atoms with Gasteiger partial charge in [0.25, 0.3) is 0 Å². The zero-order valence-corrected chi connectivity index (χ0v) is 4.35. The standard InChI is InChI=1S/Mg.2H3N.H2O4S.2H/c;;;1-5(2,3)4;;/h;2*1H3;(H2,1,2,3,4);;. The van der Waals surface area contributed by atoms with E-state index in [1.54, 1.807) is 0 Å². The molecular weight excluding hydrogens is 148 g/mol. The Morgan fingerprint density at radius 2 is 1.00 bits per heavy atom. The summed E-state index contributed by atoms with van der Waals surface area (Å²) in [6.45, 7) is 0. The van der Waals surface area contributed by atoms with Gasteiger partial charge in [-0.2, -0.15) is 8.42 Å². The van der Waals surface area contributed by atoms with Crippen LogP contribution in [0.4, 0.5) is 0 Å². The van der Waals surface area contributed by atoms with Gasteiger partial charge in [-0.25, -0.2) is 0 Å². The van der Waals surface area contributed by atoms with Crippen molar-refractivity contribution >= 4 is 33.5 Å². The average molecular weight is 158 g/mol. The average Bonchev–Trinajstić information content (AvgIpc) is 0.722. The molecule has 0 saturated carbocycles. The van der Waals surface area contributed by atoms with Crippen LogP contribution in [-0.2, 0) is 10.4 Å². The lowest BCUT2D eigenvalue weighted by Gasteiger charge is -1.68. The normalized spacial score (nSPS) is 7.25. The summed E-state index contributed by atoms with van der Waals surface area (Å²) in [6.07, 6.45) is 0. The van der Waals surface area contributed by atoms with Crippen LogP contribution in [0.5, 0.6) is 0 Å². The summed E-state index contributed by atoms with van der Waals surface area (Å²) < 4.78 is 31.6. The third-order valence-corrected chi connectivity index (χ3v) is 0. The lowest BCUT2D eigenvalue weighted by Crippen LogP contribution is -1.89. The zero-order chi connectivity index (χ0) is 4.50. The first-order chi connectivity index (χ1) is 2.00. The van der Waals surface area contributed by atoms with Crippen molar-refractivity contribution in [2.45, 2.75) is 0 Å². The molecule has 0 aromatic heterocycles. The summed E-state index contributed by atoms with van der Waals surface area (Å²) in [4.78, 5) is 0. The van der Waals surface area contributed by atoms with E-state index in [0.717, 1.165) is 0 Å². The Hall–Kier alpha value is 0.556. The van der Waals surface area contributed by atoms with Gasteiger partial charge in [0.15, 0.2) is 0 Å². The van der Waals surface area contributed by atoms with E-state index in [1.165, 1.54) is 0 Å². The van der Waals surface area contributed by atoms with E-state index in [0.29, 0.717) is 0 Å². The van der Waals surface area contributed by atoms with Crippen LogP contribution in [0, 0.1) is 0 Å². The summed E-state index contributed by atoms with van der Waals surface area (Å²) in [5.41, 5.74) is 0. The van der Waals surface area contributed by atoms with Crippen molar-refractivity contribution in [3.63, 3.8) is 0 Å². The number of hydrogen-bond acceptors (Lipinski definition) is 4. The van der Waals surface area contributed by atoms with E-state index in [1.807, 2.05) is 0 Å². The Morgan fingerprint density at radius 3 is 1.00 bits per heavy atom. The highest BCUT2D eigenvalue weighted by atomic mass is 32.3. The van der Waals surface area contributed by atoms with Gasteiger partial charge in [-0.05, 0) is 0 Å². The Labute approximate surface area is 63.5 Å². The minimum absolute atomic E-state index is 0. The SMILES string of the molecule is N.N.O=S(=O)(O)O.[MgH2]. The molecule has 0 unspecified atom stereocenters. The van der Waals surface area contributed by atoms with Crippen LogP contribution in [0.2, 0.25) is 0 Å². The van der Waals surface area contributed by atoms with Crippen LogP contribution in [-0.4, -0.2) is 40.6 Å². The van der Waals surface area contributed by atoms with E-state index in [-0.39, 0.29) is 35.4 Å². The molecule has 0 radical (unpaired) electrons. The number of hydrogen-bond donors (Lipinski definition) is 4. The van der Waals surface area contributed by atoms with Crippen molar-refractivity contribution in [2.75, 3.05) is 0 Å². The topological polar surface area (TPSA) is 145 Å². The van der Waals surface area contributed by atoms with Crippen LogP contribution in [0.3, 0.4) is 0 Å². The smallest absolute Gasteiger partial charge is 0.344 e. The lowest BCUT2D eigenvalue weighted by molar-refractivity contribution is 0.381. The summed E-state index contributed by atoms with van der Waals surface area (Å²) in [7, 11) is -4.67. The van der Waals surface area contributed by atoms with Crippen LogP contribution < -0.4 is 12.3 Å². The Kier molecular flexibility index (Phi) is 22.2. The maximum atomic E-state index is 8.74. The van der Waals surface area contributed by atoms with E-state index in [4.69, 9.17) is 17.5 Å². The first kappa shape index (κ1) is 23.5. The van der Waals surface area contributed by atoms with Gasteiger partial charge in [-0.1, -0.05) is 0 Å². The summed E-state index contributed by atoms with van der Waals surface area (Å²) in [5, 5.41) is 0. The first-order valence-corrected chi connectivity index (χ1v) is 2.10. The second-order valence-electron chi connectivity index (χ2n) is 0.448. The highest BCUT2D eigenvalue weighted by Crippen LogP contribution is 1.59. The van der Waals surface area contributed by atoms with Crippen molar-refractivity contribution in [2.24, 2.45) is 0 Å². The first-order valence-electron chi connectivity index (χ1n) is 0.698. The maximum Gasteiger partial charge on any atom is 0.394 e. The van der Waals surface area contributed by atoms with E-state index >= 15 is 0 Å². The van der Waals surface area contributed by atoms with Crippen molar-refractivity contribution in [3.8, 4) is 0 Å².